The van der Waals surface area contributed by atoms with Crippen LogP contribution in [0.5, 0.6) is 0 Å². The van der Waals surface area contributed by atoms with E-state index in [1.54, 1.807) is 24.3 Å². The third-order valence-electron chi connectivity index (χ3n) is 3.44. The quantitative estimate of drug-likeness (QED) is 0.817. The van der Waals surface area contributed by atoms with E-state index in [0.717, 1.165) is 0 Å². The van der Waals surface area contributed by atoms with Crippen molar-refractivity contribution in [2.45, 2.75) is 13.0 Å². The number of halogens is 1. The van der Waals surface area contributed by atoms with Crippen LogP contribution >= 0.6 is 11.6 Å². The van der Waals surface area contributed by atoms with Gasteiger partial charge in [0.05, 0.1) is 0 Å². The van der Waals surface area contributed by atoms with E-state index in [9.17, 15) is 14.4 Å². The summed E-state index contributed by atoms with van der Waals surface area (Å²) in [5.74, 6) is -3.38. The lowest BCUT2D eigenvalue weighted by atomic mass is 10.00. The molecule has 2 rings (SSSR count). The summed E-state index contributed by atoms with van der Waals surface area (Å²) in [4.78, 5) is 36.7. The zero-order chi connectivity index (χ0) is 15.6. The Morgan fingerprint density at radius 3 is 2.71 bits per heavy atom. The highest BCUT2D eigenvalue weighted by molar-refractivity contribution is 6.31. The largest absolute Gasteiger partial charge is 0.481 e. The summed E-state index contributed by atoms with van der Waals surface area (Å²) in [5.41, 5.74) is 0.488. The van der Waals surface area contributed by atoms with Gasteiger partial charge in [0.25, 0.3) is 0 Å². The van der Waals surface area contributed by atoms with Gasteiger partial charge in [-0.05, 0) is 13.0 Å². The summed E-state index contributed by atoms with van der Waals surface area (Å²) < 4.78 is 0. The second-order valence-corrected chi connectivity index (χ2v) is 5.21. The van der Waals surface area contributed by atoms with Crippen LogP contribution in [0.4, 0.5) is 0 Å². The fourth-order valence-electron chi connectivity index (χ4n) is 2.26. The number of carbonyl (C=O) groups is 3. The van der Waals surface area contributed by atoms with Crippen LogP contribution in [0.3, 0.4) is 0 Å². The Balaban J connectivity index is 2.39. The summed E-state index contributed by atoms with van der Waals surface area (Å²) in [6, 6.07) is 5.82. The lowest BCUT2D eigenvalue weighted by molar-refractivity contribution is -0.155. The number of aliphatic carboxylic acids is 1. The third-order valence-corrected chi connectivity index (χ3v) is 3.78. The molecule has 1 heterocycles. The first-order valence-electron chi connectivity index (χ1n) is 6.49. The molecule has 0 aromatic heterocycles. The van der Waals surface area contributed by atoms with Gasteiger partial charge in [-0.25, -0.2) is 0 Å². The van der Waals surface area contributed by atoms with E-state index in [4.69, 9.17) is 16.7 Å². The van der Waals surface area contributed by atoms with Crippen LogP contribution < -0.4 is 5.32 Å². The molecule has 6 nitrogen and oxygen atoms in total. The Morgan fingerprint density at radius 2 is 2.10 bits per heavy atom. The van der Waals surface area contributed by atoms with Gasteiger partial charge in [-0.2, -0.15) is 0 Å². The molecular weight excluding hydrogens is 296 g/mol. The Labute approximate surface area is 126 Å². The van der Waals surface area contributed by atoms with Gasteiger partial charge in [0.15, 0.2) is 0 Å². The second-order valence-electron chi connectivity index (χ2n) is 4.81. The van der Waals surface area contributed by atoms with Crippen LogP contribution in [0.1, 0.15) is 18.5 Å². The third kappa shape index (κ3) is 3.00. The van der Waals surface area contributed by atoms with E-state index in [2.05, 4.69) is 5.32 Å². The van der Waals surface area contributed by atoms with Gasteiger partial charge in [-0.15, -0.1) is 0 Å². The van der Waals surface area contributed by atoms with Gasteiger partial charge >= 0.3 is 5.97 Å². The fourth-order valence-corrected chi connectivity index (χ4v) is 2.50. The molecule has 21 heavy (non-hydrogen) atoms. The van der Waals surface area contributed by atoms with Gasteiger partial charge in [0.2, 0.25) is 11.8 Å². The Morgan fingerprint density at radius 1 is 1.43 bits per heavy atom. The smallest absolute Gasteiger partial charge is 0.315 e. The van der Waals surface area contributed by atoms with Crippen molar-refractivity contribution >= 4 is 29.4 Å². The first kappa shape index (κ1) is 15.3. The number of carboxylic acids is 1. The van der Waals surface area contributed by atoms with Crippen LogP contribution in [0.2, 0.25) is 5.02 Å². The molecule has 0 unspecified atom stereocenters. The van der Waals surface area contributed by atoms with E-state index in [1.165, 1.54) is 11.8 Å². The Bertz CT molecular complexity index is 590. The van der Waals surface area contributed by atoms with Crippen LogP contribution in [0.25, 0.3) is 0 Å². The number of carbonyl (C=O) groups excluding carboxylic acids is 2. The Hall–Kier alpha value is -2.08. The van der Waals surface area contributed by atoms with Crippen molar-refractivity contribution in [1.29, 1.82) is 0 Å². The maximum absolute atomic E-state index is 12.3. The van der Waals surface area contributed by atoms with Crippen molar-refractivity contribution in [2.24, 2.45) is 5.92 Å². The molecule has 0 bridgehead atoms. The molecule has 1 aliphatic heterocycles. The van der Waals surface area contributed by atoms with Gasteiger partial charge in [-0.1, -0.05) is 29.8 Å². The lowest BCUT2D eigenvalue weighted by Crippen LogP contribution is -2.54. The lowest BCUT2D eigenvalue weighted by Gasteiger charge is -2.36. The molecule has 0 radical (unpaired) electrons. The predicted molar refractivity (Wildman–Crippen MR) is 75.7 cm³/mol. The highest BCUT2D eigenvalue weighted by Gasteiger charge is 2.38. The number of nitrogens with one attached hydrogen (secondary N) is 1. The van der Waals surface area contributed by atoms with Crippen LogP contribution in [-0.2, 0) is 14.4 Å². The number of hydrogen-bond donors (Lipinski definition) is 2. The fraction of sp³-hybridized carbons (Fsp3) is 0.357. The highest BCUT2D eigenvalue weighted by Crippen LogP contribution is 2.30. The molecule has 1 aromatic carbocycles. The number of nitrogens with zero attached hydrogens (tertiary/aromatic N) is 1. The van der Waals surface area contributed by atoms with E-state index in [0.29, 0.717) is 10.6 Å². The molecule has 0 spiro atoms. The number of benzene rings is 1. The zero-order valence-corrected chi connectivity index (χ0v) is 12.1. The molecule has 2 amide bonds. The normalized spacial score (nSPS) is 19.8. The minimum atomic E-state index is -1.22. The monoisotopic (exact) mass is 310 g/mol. The average Bonchev–Trinajstić information content (AvgIpc) is 2.46. The number of piperazine rings is 1. The molecule has 1 aromatic rings. The van der Waals surface area contributed by atoms with E-state index < -0.39 is 23.8 Å². The summed E-state index contributed by atoms with van der Waals surface area (Å²) in [6.45, 7) is 1.84. The minimum absolute atomic E-state index is 0.248. The zero-order valence-electron chi connectivity index (χ0n) is 11.4. The Kier molecular flexibility index (Phi) is 4.47. The van der Waals surface area contributed by atoms with Gasteiger partial charge in [0.1, 0.15) is 12.0 Å². The van der Waals surface area contributed by atoms with Crippen molar-refractivity contribution < 1.29 is 19.5 Å². The van der Waals surface area contributed by atoms with Crippen molar-refractivity contribution in [2.75, 3.05) is 13.1 Å². The number of carboxylic acid groups (broad SMARTS) is 1. The number of hydrogen-bond acceptors (Lipinski definition) is 3. The van der Waals surface area contributed by atoms with E-state index in [-0.39, 0.29) is 19.0 Å². The summed E-state index contributed by atoms with van der Waals surface area (Å²) in [7, 11) is 0. The standard InChI is InChI=1S/C14H15ClN2O4/c1-8(14(20)21)13(19)17-7-6-16-12(18)11(17)9-4-2-3-5-10(9)15/h2-5,8,11H,6-7H2,1H3,(H,16,18)(H,20,21)/t8-,11-/m0/s1. The van der Waals surface area contributed by atoms with Crippen LogP contribution in [0, 0.1) is 5.92 Å². The molecule has 1 fully saturated rings. The van der Waals surface area contributed by atoms with E-state index >= 15 is 0 Å². The summed E-state index contributed by atoms with van der Waals surface area (Å²) in [6.07, 6.45) is 0. The summed E-state index contributed by atoms with van der Waals surface area (Å²) in [5, 5.41) is 12.0. The molecule has 7 heteroatoms. The predicted octanol–water partition coefficient (Wildman–Crippen LogP) is 1.06. The number of amides is 2. The first-order valence-corrected chi connectivity index (χ1v) is 6.86. The van der Waals surface area contributed by atoms with Crippen molar-refractivity contribution in [3.63, 3.8) is 0 Å². The van der Waals surface area contributed by atoms with Crippen molar-refractivity contribution in [3.8, 4) is 0 Å². The van der Waals surface area contributed by atoms with E-state index in [1.807, 2.05) is 0 Å². The number of rotatable bonds is 3. The molecule has 1 saturated heterocycles. The molecule has 0 aliphatic carbocycles. The molecule has 112 valence electrons. The van der Waals surface area contributed by atoms with Gasteiger partial charge in [0, 0.05) is 23.7 Å². The SMILES string of the molecule is C[C@H](C(=O)O)C(=O)N1CCNC(=O)[C@@H]1c1ccccc1Cl. The van der Waals surface area contributed by atoms with Crippen LogP contribution in [0.15, 0.2) is 24.3 Å². The first-order chi connectivity index (χ1) is 9.93. The highest BCUT2D eigenvalue weighted by atomic mass is 35.5. The van der Waals surface area contributed by atoms with Crippen LogP contribution in [-0.4, -0.2) is 40.9 Å². The topological polar surface area (TPSA) is 86.7 Å². The molecule has 1 aliphatic rings. The maximum atomic E-state index is 12.3. The molecule has 2 N–H and O–H groups in total. The van der Waals surface area contributed by atoms with Gasteiger partial charge in [-0.3, -0.25) is 14.4 Å². The summed E-state index contributed by atoms with van der Waals surface area (Å²) >= 11 is 6.10. The maximum Gasteiger partial charge on any atom is 0.315 e. The van der Waals surface area contributed by atoms with Crippen molar-refractivity contribution in [1.82, 2.24) is 10.2 Å². The van der Waals surface area contributed by atoms with Crippen molar-refractivity contribution in [3.05, 3.63) is 34.9 Å². The minimum Gasteiger partial charge on any atom is -0.481 e. The van der Waals surface area contributed by atoms with Gasteiger partial charge < -0.3 is 15.3 Å². The molecule has 2 atom stereocenters. The molecular formula is C14H15ClN2O4. The average molecular weight is 311 g/mol. The molecule has 0 saturated carbocycles. The second kappa shape index (κ2) is 6.13.